The van der Waals surface area contributed by atoms with Gasteiger partial charge in [-0.25, -0.2) is 4.98 Å². The van der Waals surface area contributed by atoms with Crippen molar-refractivity contribution in [3.05, 3.63) is 54.4 Å². The van der Waals surface area contributed by atoms with Crippen LogP contribution in [0, 0.1) is 0 Å². The summed E-state index contributed by atoms with van der Waals surface area (Å²) in [6.45, 7) is 0. The Morgan fingerprint density at radius 1 is 1.20 bits per heavy atom. The van der Waals surface area contributed by atoms with Crippen molar-refractivity contribution >= 4 is 28.1 Å². The van der Waals surface area contributed by atoms with Crippen LogP contribution >= 0.6 is 0 Å². The molecule has 0 spiro atoms. The second-order valence-electron chi connectivity index (χ2n) is 4.43. The molecule has 1 aromatic carbocycles. The molecule has 0 bridgehead atoms. The van der Waals surface area contributed by atoms with E-state index >= 15 is 0 Å². The van der Waals surface area contributed by atoms with E-state index in [2.05, 4.69) is 4.98 Å². The molecular formula is C15H12N2O2S. The highest BCUT2D eigenvalue weighted by Gasteiger charge is 2.06. The fraction of sp³-hybridized carbons (Fsp3) is 0.0667. The smallest absolute Gasteiger partial charge is 0.151 e. The molecule has 0 amide bonds. The summed E-state index contributed by atoms with van der Waals surface area (Å²) in [4.78, 5) is 15.9. The zero-order chi connectivity index (χ0) is 14.1. The van der Waals surface area contributed by atoms with E-state index in [1.807, 2.05) is 41.1 Å². The highest BCUT2D eigenvalue weighted by molar-refractivity contribution is 7.84. The lowest BCUT2D eigenvalue weighted by Crippen LogP contribution is -1.95. The number of hydrogen-bond acceptors (Lipinski definition) is 3. The first-order chi connectivity index (χ1) is 9.69. The van der Waals surface area contributed by atoms with E-state index in [9.17, 15) is 9.00 Å². The Labute approximate surface area is 118 Å². The predicted octanol–water partition coefficient (Wildman–Crippen LogP) is 2.58. The Morgan fingerprint density at radius 3 is 2.60 bits per heavy atom. The molecule has 100 valence electrons. The zero-order valence-electron chi connectivity index (χ0n) is 10.8. The quantitative estimate of drug-likeness (QED) is 0.695. The minimum absolute atomic E-state index is 0.562. The fourth-order valence-corrected chi connectivity index (χ4v) is 2.63. The molecule has 0 aliphatic rings. The van der Waals surface area contributed by atoms with Crippen LogP contribution < -0.4 is 0 Å². The highest BCUT2D eigenvalue weighted by Crippen LogP contribution is 2.20. The molecule has 0 N–H and O–H groups in total. The zero-order valence-corrected chi connectivity index (χ0v) is 11.6. The molecule has 0 radical (unpaired) electrons. The van der Waals surface area contributed by atoms with E-state index in [4.69, 9.17) is 0 Å². The average molecular weight is 284 g/mol. The third kappa shape index (κ3) is 2.16. The summed E-state index contributed by atoms with van der Waals surface area (Å²) < 4.78 is 13.3. The van der Waals surface area contributed by atoms with Crippen molar-refractivity contribution in [2.24, 2.45) is 0 Å². The first-order valence-corrected chi connectivity index (χ1v) is 7.61. The molecule has 0 fully saturated rings. The second-order valence-corrected chi connectivity index (χ2v) is 5.81. The van der Waals surface area contributed by atoms with Crippen molar-refractivity contribution in [2.45, 2.75) is 4.90 Å². The molecule has 0 aliphatic heterocycles. The molecule has 0 saturated heterocycles. The van der Waals surface area contributed by atoms with Crippen LogP contribution in [-0.2, 0) is 10.8 Å². The van der Waals surface area contributed by atoms with Gasteiger partial charge in [0.15, 0.2) is 6.29 Å². The van der Waals surface area contributed by atoms with Gasteiger partial charge in [-0.3, -0.25) is 9.00 Å². The lowest BCUT2D eigenvalue weighted by Gasteiger charge is -2.05. The van der Waals surface area contributed by atoms with Gasteiger partial charge in [0.2, 0.25) is 0 Å². The van der Waals surface area contributed by atoms with E-state index < -0.39 is 10.8 Å². The van der Waals surface area contributed by atoms with Crippen LogP contribution in [0.5, 0.6) is 0 Å². The molecule has 0 aliphatic carbocycles. The summed E-state index contributed by atoms with van der Waals surface area (Å²) in [5.74, 6) is 0. The average Bonchev–Trinajstić information content (AvgIpc) is 2.90. The van der Waals surface area contributed by atoms with E-state index in [1.54, 1.807) is 18.5 Å². The number of rotatable bonds is 3. The van der Waals surface area contributed by atoms with Gasteiger partial charge in [-0.2, -0.15) is 0 Å². The second kappa shape index (κ2) is 5.02. The van der Waals surface area contributed by atoms with Gasteiger partial charge in [-0.05, 0) is 36.4 Å². The Balaban J connectivity index is 2.10. The summed E-state index contributed by atoms with van der Waals surface area (Å²) >= 11 is 0. The van der Waals surface area contributed by atoms with Gasteiger partial charge in [0.25, 0.3) is 0 Å². The number of carbonyl (C=O) groups is 1. The lowest BCUT2D eigenvalue weighted by molar-refractivity contribution is 0.112. The van der Waals surface area contributed by atoms with Crippen molar-refractivity contribution in [3.8, 4) is 5.69 Å². The van der Waals surface area contributed by atoms with Crippen molar-refractivity contribution < 1.29 is 9.00 Å². The molecule has 0 saturated carbocycles. The molecule has 3 rings (SSSR count). The van der Waals surface area contributed by atoms with Crippen molar-refractivity contribution in [2.75, 3.05) is 6.26 Å². The maximum Gasteiger partial charge on any atom is 0.151 e. The Morgan fingerprint density at radius 2 is 1.95 bits per heavy atom. The van der Waals surface area contributed by atoms with Gasteiger partial charge in [0.1, 0.15) is 5.65 Å². The van der Waals surface area contributed by atoms with Gasteiger partial charge < -0.3 is 4.57 Å². The fourth-order valence-electron chi connectivity index (χ4n) is 2.11. The number of pyridine rings is 1. The Bertz CT molecular complexity index is 806. The molecule has 1 unspecified atom stereocenters. The van der Waals surface area contributed by atoms with Gasteiger partial charge in [0.05, 0.1) is 0 Å². The monoisotopic (exact) mass is 284 g/mol. The largest absolute Gasteiger partial charge is 0.301 e. The number of nitrogens with zero attached hydrogens (tertiary/aromatic N) is 2. The number of fused-ring (bicyclic) bond motifs is 1. The van der Waals surface area contributed by atoms with Crippen LogP contribution in [-0.4, -0.2) is 26.3 Å². The third-order valence-corrected chi connectivity index (χ3v) is 4.07. The Kier molecular flexibility index (Phi) is 3.20. The van der Waals surface area contributed by atoms with E-state index in [-0.39, 0.29) is 0 Å². The van der Waals surface area contributed by atoms with Gasteiger partial charge in [-0.15, -0.1) is 0 Å². The lowest BCUT2D eigenvalue weighted by atomic mass is 10.2. The topological polar surface area (TPSA) is 52.0 Å². The van der Waals surface area contributed by atoms with Crippen LogP contribution in [0.15, 0.2) is 53.7 Å². The molecule has 2 aromatic heterocycles. The minimum Gasteiger partial charge on any atom is -0.301 e. The molecule has 20 heavy (non-hydrogen) atoms. The maximum atomic E-state index is 11.4. The molecule has 3 aromatic rings. The van der Waals surface area contributed by atoms with E-state index in [1.165, 1.54) is 0 Å². The first-order valence-electron chi connectivity index (χ1n) is 6.05. The van der Waals surface area contributed by atoms with Crippen LogP contribution in [0.1, 0.15) is 10.4 Å². The molecular weight excluding hydrogens is 272 g/mol. The molecule has 5 heteroatoms. The van der Waals surface area contributed by atoms with Gasteiger partial charge in [0, 0.05) is 51.0 Å². The van der Waals surface area contributed by atoms with Crippen molar-refractivity contribution in [1.82, 2.24) is 9.55 Å². The van der Waals surface area contributed by atoms with Crippen LogP contribution in [0.2, 0.25) is 0 Å². The SMILES string of the molecule is CS(=O)c1ccc(-n2ccc3cc(C=O)cnc32)cc1. The minimum atomic E-state index is -0.979. The molecule has 2 heterocycles. The van der Waals surface area contributed by atoms with E-state index in [0.717, 1.165) is 27.9 Å². The summed E-state index contributed by atoms with van der Waals surface area (Å²) in [7, 11) is -0.979. The maximum absolute atomic E-state index is 11.4. The third-order valence-electron chi connectivity index (χ3n) is 3.13. The van der Waals surface area contributed by atoms with Gasteiger partial charge >= 0.3 is 0 Å². The summed E-state index contributed by atoms with van der Waals surface area (Å²) in [5, 5.41) is 0.915. The molecule has 4 nitrogen and oxygen atoms in total. The summed E-state index contributed by atoms with van der Waals surface area (Å²) in [5.41, 5.74) is 2.30. The van der Waals surface area contributed by atoms with E-state index in [0.29, 0.717) is 5.56 Å². The van der Waals surface area contributed by atoms with Crippen molar-refractivity contribution in [3.63, 3.8) is 0 Å². The highest BCUT2D eigenvalue weighted by atomic mass is 32.2. The normalized spacial score (nSPS) is 12.4. The predicted molar refractivity (Wildman–Crippen MR) is 78.8 cm³/mol. The van der Waals surface area contributed by atoms with Crippen LogP contribution in [0.25, 0.3) is 16.7 Å². The number of aldehydes is 1. The van der Waals surface area contributed by atoms with Crippen LogP contribution in [0.3, 0.4) is 0 Å². The standard InChI is InChI=1S/C15H12N2O2S/c1-20(19)14-4-2-13(3-5-14)17-7-6-12-8-11(10-18)9-16-15(12)17/h2-10H,1H3. The number of carbonyl (C=O) groups excluding carboxylic acids is 1. The van der Waals surface area contributed by atoms with Crippen molar-refractivity contribution in [1.29, 1.82) is 0 Å². The number of benzene rings is 1. The van der Waals surface area contributed by atoms with Gasteiger partial charge in [-0.1, -0.05) is 0 Å². The molecule has 1 atom stereocenters. The summed E-state index contributed by atoms with van der Waals surface area (Å²) in [6, 6.07) is 11.2. The first kappa shape index (κ1) is 12.7. The number of aromatic nitrogens is 2. The summed E-state index contributed by atoms with van der Waals surface area (Å²) in [6.07, 6.45) is 5.91. The Hall–Kier alpha value is -2.27. The van der Waals surface area contributed by atoms with Crippen LogP contribution in [0.4, 0.5) is 0 Å². The number of hydrogen-bond donors (Lipinski definition) is 0.